The van der Waals surface area contributed by atoms with Crippen molar-refractivity contribution in [3.63, 3.8) is 0 Å². The van der Waals surface area contributed by atoms with Crippen LogP contribution >= 0.6 is 11.6 Å². The van der Waals surface area contributed by atoms with Crippen LogP contribution in [0.5, 0.6) is 5.75 Å². The number of halogens is 1. The number of furan rings is 1. The molecule has 7 heteroatoms. The quantitative estimate of drug-likeness (QED) is 0.833. The molecule has 128 valence electrons. The number of ether oxygens (including phenoxy) is 1. The minimum absolute atomic E-state index is 0.169. The number of amides is 2. The predicted octanol–water partition coefficient (Wildman–Crippen LogP) is 3.00. The van der Waals surface area contributed by atoms with E-state index in [1.807, 2.05) is 0 Å². The Morgan fingerprint density at radius 2 is 2.12 bits per heavy atom. The average molecular weight is 351 g/mol. The number of nitrogens with zero attached hydrogens (tertiary/aromatic N) is 1. The molecular weight excluding hydrogens is 332 g/mol. The van der Waals surface area contributed by atoms with E-state index in [4.69, 9.17) is 20.8 Å². The molecule has 6 nitrogen and oxygen atoms in total. The highest BCUT2D eigenvalue weighted by atomic mass is 35.5. The summed E-state index contributed by atoms with van der Waals surface area (Å²) in [6, 6.07) is 8.59. The van der Waals surface area contributed by atoms with Gasteiger partial charge in [0.25, 0.3) is 0 Å². The topological polar surface area (TPSA) is 71.8 Å². The first kappa shape index (κ1) is 17.9. The fraction of sp³-hybridized carbons (Fsp3) is 0.294. The fourth-order valence-corrected chi connectivity index (χ4v) is 2.44. The van der Waals surface area contributed by atoms with Gasteiger partial charge in [0, 0.05) is 25.6 Å². The molecule has 0 aliphatic heterocycles. The Morgan fingerprint density at radius 1 is 1.33 bits per heavy atom. The Labute approximate surface area is 145 Å². The third kappa shape index (κ3) is 4.76. The number of carbonyl (C=O) groups excluding carboxylic acids is 2. The van der Waals surface area contributed by atoms with E-state index >= 15 is 0 Å². The number of anilines is 1. The molecule has 0 unspecified atom stereocenters. The van der Waals surface area contributed by atoms with Gasteiger partial charge < -0.3 is 19.4 Å². The van der Waals surface area contributed by atoms with Crippen molar-refractivity contribution < 1.29 is 18.7 Å². The van der Waals surface area contributed by atoms with Gasteiger partial charge >= 0.3 is 0 Å². The lowest BCUT2D eigenvalue weighted by Gasteiger charge is -2.21. The van der Waals surface area contributed by atoms with Crippen LogP contribution in [-0.2, 0) is 16.1 Å². The van der Waals surface area contributed by atoms with Crippen molar-refractivity contribution in [2.45, 2.75) is 19.9 Å². The molecule has 0 radical (unpaired) electrons. The van der Waals surface area contributed by atoms with Crippen molar-refractivity contribution in [1.29, 1.82) is 0 Å². The van der Waals surface area contributed by atoms with Gasteiger partial charge in [0.2, 0.25) is 11.8 Å². The normalized spacial score (nSPS) is 10.3. The summed E-state index contributed by atoms with van der Waals surface area (Å²) in [5.41, 5.74) is 0.618. The van der Waals surface area contributed by atoms with Gasteiger partial charge in [0.15, 0.2) is 0 Å². The van der Waals surface area contributed by atoms with Crippen LogP contribution in [0.3, 0.4) is 0 Å². The minimum Gasteiger partial charge on any atom is -0.495 e. The van der Waals surface area contributed by atoms with E-state index in [2.05, 4.69) is 5.32 Å². The third-order valence-corrected chi connectivity index (χ3v) is 3.72. The molecule has 0 fully saturated rings. The Balaban J connectivity index is 1.94. The van der Waals surface area contributed by atoms with E-state index in [1.54, 1.807) is 36.6 Å². The molecule has 0 aliphatic carbocycles. The molecule has 0 bridgehead atoms. The monoisotopic (exact) mass is 350 g/mol. The second-order valence-electron chi connectivity index (χ2n) is 5.10. The number of nitrogens with one attached hydrogen (secondary N) is 1. The first-order valence-corrected chi connectivity index (χ1v) is 7.79. The lowest BCUT2D eigenvalue weighted by molar-refractivity contribution is -0.121. The molecule has 1 aromatic heterocycles. The number of rotatable bonds is 7. The van der Waals surface area contributed by atoms with Crippen molar-refractivity contribution in [2.24, 2.45) is 0 Å². The van der Waals surface area contributed by atoms with Gasteiger partial charge in [-0.15, -0.1) is 0 Å². The van der Waals surface area contributed by atoms with Gasteiger partial charge in [-0.05, 0) is 30.3 Å². The highest BCUT2D eigenvalue weighted by Gasteiger charge is 2.15. The smallest absolute Gasteiger partial charge is 0.223 e. The summed E-state index contributed by atoms with van der Waals surface area (Å²) in [5.74, 6) is 0.862. The standard InChI is InChI=1S/C17H19ClN2O4/c1-12(21)20(13-5-6-16(23-2)15(18)10-13)8-7-17(22)19-11-14-4-3-9-24-14/h3-6,9-10H,7-8,11H2,1-2H3,(H,19,22). The van der Waals surface area contributed by atoms with Crippen molar-refractivity contribution in [2.75, 3.05) is 18.6 Å². The lowest BCUT2D eigenvalue weighted by atomic mass is 10.2. The molecule has 0 aliphatic rings. The number of hydrogen-bond acceptors (Lipinski definition) is 4. The molecule has 2 aromatic rings. The lowest BCUT2D eigenvalue weighted by Crippen LogP contribution is -2.33. The van der Waals surface area contributed by atoms with E-state index in [9.17, 15) is 9.59 Å². The summed E-state index contributed by atoms with van der Waals surface area (Å²) in [7, 11) is 1.52. The zero-order chi connectivity index (χ0) is 17.5. The van der Waals surface area contributed by atoms with E-state index in [0.717, 1.165) is 0 Å². The maximum atomic E-state index is 11.9. The Kier molecular flexibility index (Phi) is 6.26. The number of carbonyl (C=O) groups is 2. The van der Waals surface area contributed by atoms with Gasteiger partial charge in [-0.3, -0.25) is 9.59 Å². The van der Waals surface area contributed by atoms with Crippen LogP contribution in [0.25, 0.3) is 0 Å². The van der Waals surface area contributed by atoms with E-state index in [-0.39, 0.29) is 24.8 Å². The molecule has 0 saturated heterocycles. The maximum absolute atomic E-state index is 11.9. The molecular formula is C17H19ClN2O4. The van der Waals surface area contributed by atoms with Crippen LogP contribution in [0.4, 0.5) is 5.69 Å². The zero-order valence-electron chi connectivity index (χ0n) is 13.5. The largest absolute Gasteiger partial charge is 0.495 e. The van der Waals surface area contributed by atoms with Crippen molar-refractivity contribution in [3.05, 3.63) is 47.4 Å². The molecule has 0 spiro atoms. The van der Waals surface area contributed by atoms with Crippen molar-refractivity contribution in [3.8, 4) is 5.75 Å². The van der Waals surface area contributed by atoms with Gasteiger partial charge in [-0.25, -0.2) is 0 Å². The summed E-state index contributed by atoms with van der Waals surface area (Å²) >= 11 is 6.10. The van der Waals surface area contributed by atoms with E-state index < -0.39 is 0 Å². The molecule has 2 amide bonds. The van der Waals surface area contributed by atoms with Gasteiger partial charge in [0.05, 0.1) is 24.9 Å². The molecule has 2 rings (SSSR count). The Hall–Kier alpha value is -2.47. The molecule has 24 heavy (non-hydrogen) atoms. The summed E-state index contributed by atoms with van der Waals surface area (Å²) in [4.78, 5) is 25.3. The van der Waals surface area contributed by atoms with Crippen LogP contribution in [0.2, 0.25) is 5.02 Å². The predicted molar refractivity (Wildman–Crippen MR) is 91.2 cm³/mol. The van der Waals surface area contributed by atoms with Crippen LogP contribution in [0.1, 0.15) is 19.1 Å². The SMILES string of the molecule is COc1ccc(N(CCC(=O)NCc2ccco2)C(C)=O)cc1Cl. The van der Waals surface area contributed by atoms with Gasteiger partial charge in [-0.1, -0.05) is 11.6 Å². The second-order valence-corrected chi connectivity index (χ2v) is 5.50. The molecule has 1 aromatic carbocycles. The van der Waals surface area contributed by atoms with Crippen LogP contribution in [0, 0.1) is 0 Å². The van der Waals surface area contributed by atoms with Crippen molar-refractivity contribution in [1.82, 2.24) is 5.32 Å². The first-order valence-electron chi connectivity index (χ1n) is 7.42. The van der Waals surface area contributed by atoms with Crippen LogP contribution in [-0.4, -0.2) is 25.5 Å². The summed E-state index contributed by atoms with van der Waals surface area (Å²) in [5, 5.41) is 3.15. The van der Waals surface area contributed by atoms with E-state index in [0.29, 0.717) is 28.8 Å². The number of hydrogen-bond donors (Lipinski definition) is 1. The number of benzene rings is 1. The third-order valence-electron chi connectivity index (χ3n) is 3.43. The van der Waals surface area contributed by atoms with Crippen molar-refractivity contribution >= 4 is 29.1 Å². The van der Waals surface area contributed by atoms with Crippen LogP contribution < -0.4 is 15.0 Å². The molecule has 0 atom stereocenters. The summed E-state index contributed by atoms with van der Waals surface area (Å²) < 4.78 is 10.2. The Morgan fingerprint density at radius 3 is 2.71 bits per heavy atom. The number of methoxy groups -OCH3 is 1. The van der Waals surface area contributed by atoms with Gasteiger partial charge in [0.1, 0.15) is 11.5 Å². The summed E-state index contributed by atoms with van der Waals surface area (Å²) in [6.45, 7) is 2.02. The maximum Gasteiger partial charge on any atom is 0.223 e. The minimum atomic E-state index is -0.171. The first-order chi connectivity index (χ1) is 11.5. The fourth-order valence-electron chi connectivity index (χ4n) is 2.19. The summed E-state index contributed by atoms with van der Waals surface area (Å²) in [6.07, 6.45) is 1.72. The van der Waals surface area contributed by atoms with Crippen LogP contribution in [0.15, 0.2) is 41.0 Å². The average Bonchev–Trinajstić information content (AvgIpc) is 3.06. The Bertz CT molecular complexity index is 701. The zero-order valence-corrected chi connectivity index (χ0v) is 14.3. The molecule has 1 N–H and O–H groups in total. The highest BCUT2D eigenvalue weighted by molar-refractivity contribution is 6.32. The molecule has 0 saturated carbocycles. The second kappa shape index (κ2) is 8.40. The van der Waals surface area contributed by atoms with Gasteiger partial charge in [-0.2, -0.15) is 0 Å². The van der Waals surface area contributed by atoms with E-state index in [1.165, 1.54) is 18.9 Å². The highest BCUT2D eigenvalue weighted by Crippen LogP contribution is 2.29. The molecule has 1 heterocycles.